The summed E-state index contributed by atoms with van der Waals surface area (Å²) in [6.45, 7) is 4.28. The van der Waals surface area contributed by atoms with E-state index in [0.29, 0.717) is 0 Å². The van der Waals surface area contributed by atoms with Gasteiger partial charge in [-0.3, -0.25) is 11.3 Å². The summed E-state index contributed by atoms with van der Waals surface area (Å²) in [7, 11) is 0. The molecule has 0 radical (unpaired) electrons. The maximum atomic E-state index is 5.81. The van der Waals surface area contributed by atoms with E-state index in [9.17, 15) is 0 Å². The molecule has 1 atom stereocenters. The van der Waals surface area contributed by atoms with Gasteiger partial charge in [-0.2, -0.15) is 0 Å². The van der Waals surface area contributed by atoms with Crippen LogP contribution in [-0.2, 0) is 6.42 Å². The Labute approximate surface area is 129 Å². The Bertz CT molecular complexity index is 761. The first kappa shape index (κ1) is 14.3. The van der Waals surface area contributed by atoms with Gasteiger partial charge in [-0.15, -0.1) is 11.3 Å². The molecule has 21 heavy (non-hydrogen) atoms. The van der Waals surface area contributed by atoms with Gasteiger partial charge in [-0.25, -0.2) is 0 Å². The molecule has 3 heteroatoms. The molecule has 0 aliphatic carbocycles. The van der Waals surface area contributed by atoms with E-state index in [0.717, 1.165) is 6.42 Å². The molecule has 1 unspecified atom stereocenters. The van der Waals surface area contributed by atoms with Gasteiger partial charge >= 0.3 is 0 Å². The fourth-order valence-electron chi connectivity index (χ4n) is 2.67. The summed E-state index contributed by atoms with van der Waals surface area (Å²) in [5.74, 6) is 5.81. The Hall–Kier alpha value is -1.68. The largest absolute Gasteiger partial charge is 0.271 e. The van der Waals surface area contributed by atoms with Crippen molar-refractivity contribution in [3.63, 3.8) is 0 Å². The molecule has 3 rings (SSSR count). The van der Waals surface area contributed by atoms with Crippen molar-refractivity contribution in [1.29, 1.82) is 0 Å². The molecule has 0 saturated carbocycles. The van der Waals surface area contributed by atoms with Crippen molar-refractivity contribution in [2.75, 3.05) is 0 Å². The molecule has 108 valence electrons. The van der Waals surface area contributed by atoms with E-state index in [1.165, 1.54) is 32.3 Å². The summed E-state index contributed by atoms with van der Waals surface area (Å²) in [5, 5.41) is 3.59. The predicted octanol–water partition coefficient (Wildman–Crippen LogP) is 4.27. The van der Waals surface area contributed by atoms with Crippen LogP contribution in [0.3, 0.4) is 0 Å². The molecule has 0 bridgehead atoms. The molecule has 0 amide bonds. The van der Waals surface area contributed by atoms with E-state index in [1.54, 1.807) is 11.3 Å². The molecular formula is C18H20N2S. The van der Waals surface area contributed by atoms with Gasteiger partial charge in [-0.05, 0) is 59.4 Å². The summed E-state index contributed by atoms with van der Waals surface area (Å²) in [6.07, 6.45) is 0.906. The van der Waals surface area contributed by atoms with Crippen LogP contribution in [-0.4, -0.2) is 0 Å². The number of hydrogen-bond acceptors (Lipinski definition) is 3. The highest BCUT2D eigenvalue weighted by Crippen LogP contribution is 2.29. The van der Waals surface area contributed by atoms with Crippen molar-refractivity contribution in [1.82, 2.24) is 5.43 Å². The van der Waals surface area contributed by atoms with Crippen LogP contribution in [0.4, 0.5) is 0 Å². The molecule has 1 heterocycles. The summed E-state index contributed by atoms with van der Waals surface area (Å²) in [6, 6.07) is 15.3. The number of benzene rings is 2. The van der Waals surface area contributed by atoms with Crippen LogP contribution in [0.2, 0.25) is 0 Å². The van der Waals surface area contributed by atoms with Crippen LogP contribution in [0.15, 0.2) is 47.8 Å². The van der Waals surface area contributed by atoms with E-state index < -0.39 is 0 Å². The molecule has 2 nitrogen and oxygen atoms in total. The second-order valence-corrected chi connectivity index (χ2v) is 6.44. The third-order valence-electron chi connectivity index (χ3n) is 4.12. The Balaban J connectivity index is 1.92. The topological polar surface area (TPSA) is 38.0 Å². The molecule has 3 N–H and O–H groups in total. The molecule has 0 aliphatic heterocycles. The van der Waals surface area contributed by atoms with Crippen LogP contribution in [0.1, 0.15) is 28.3 Å². The molecule has 2 aromatic carbocycles. The summed E-state index contributed by atoms with van der Waals surface area (Å²) < 4.78 is 1.34. The first-order valence-electron chi connectivity index (χ1n) is 7.17. The molecule has 1 aromatic heterocycles. The van der Waals surface area contributed by atoms with Gasteiger partial charge in [0.1, 0.15) is 0 Å². The van der Waals surface area contributed by atoms with Gasteiger partial charge in [0, 0.05) is 4.70 Å². The fourth-order valence-corrected chi connectivity index (χ4v) is 3.64. The number of hydrogen-bond donors (Lipinski definition) is 2. The zero-order valence-electron chi connectivity index (χ0n) is 12.4. The SMILES string of the molecule is Cc1ccc(C(Cc2csc3ccccc23)NN)cc1C. The molecule has 0 saturated heterocycles. The Morgan fingerprint density at radius 2 is 1.90 bits per heavy atom. The van der Waals surface area contributed by atoms with Crippen LogP contribution in [0, 0.1) is 13.8 Å². The van der Waals surface area contributed by atoms with Crippen molar-refractivity contribution in [3.8, 4) is 0 Å². The van der Waals surface area contributed by atoms with Gasteiger partial charge in [0.15, 0.2) is 0 Å². The smallest absolute Gasteiger partial charge is 0.0500 e. The maximum absolute atomic E-state index is 5.81. The Morgan fingerprint density at radius 3 is 2.67 bits per heavy atom. The maximum Gasteiger partial charge on any atom is 0.0500 e. The number of hydrazine groups is 1. The highest BCUT2D eigenvalue weighted by molar-refractivity contribution is 7.17. The third-order valence-corrected chi connectivity index (χ3v) is 5.13. The molecular weight excluding hydrogens is 276 g/mol. The number of nitrogens with two attached hydrogens (primary N) is 1. The van der Waals surface area contributed by atoms with E-state index in [4.69, 9.17) is 5.84 Å². The van der Waals surface area contributed by atoms with Crippen molar-refractivity contribution in [3.05, 3.63) is 70.1 Å². The van der Waals surface area contributed by atoms with E-state index in [-0.39, 0.29) is 6.04 Å². The van der Waals surface area contributed by atoms with Gasteiger partial charge in [-0.1, -0.05) is 36.4 Å². The highest BCUT2D eigenvalue weighted by atomic mass is 32.1. The third kappa shape index (κ3) is 2.86. The van der Waals surface area contributed by atoms with Gasteiger partial charge in [0.25, 0.3) is 0 Å². The first-order chi connectivity index (χ1) is 10.2. The minimum atomic E-state index is 0.141. The molecule has 0 spiro atoms. The number of aryl methyl sites for hydroxylation is 2. The molecule has 3 aromatic rings. The van der Waals surface area contributed by atoms with Crippen LogP contribution < -0.4 is 11.3 Å². The lowest BCUT2D eigenvalue weighted by atomic mass is 9.96. The quantitative estimate of drug-likeness (QED) is 0.557. The van der Waals surface area contributed by atoms with E-state index >= 15 is 0 Å². The van der Waals surface area contributed by atoms with E-state index in [2.05, 4.69) is 67.1 Å². The number of nitrogens with one attached hydrogen (secondary N) is 1. The van der Waals surface area contributed by atoms with Crippen molar-refractivity contribution < 1.29 is 0 Å². The Kier molecular flexibility index (Phi) is 4.06. The predicted molar refractivity (Wildman–Crippen MR) is 91.5 cm³/mol. The standard InChI is InChI=1S/C18H20N2S/c1-12-7-8-14(9-13(12)2)17(20-19)10-15-11-21-18-6-4-3-5-16(15)18/h3-9,11,17,20H,10,19H2,1-2H3. The van der Waals surface area contributed by atoms with Crippen LogP contribution in [0.25, 0.3) is 10.1 Å². The van der Waals surface area contributed by atoms with Crippen molar-refractivity contribution in [2.24, 2.45) is 5.84 Å². The lowest BCUT2D eigenvalue weighted by Crippen LogP contribution is -2.29. The second-order valence-electron chi connectivity index (χ2n) is 5.52. The lowest BCUT2D eigenvalue weighted by molar-refractivity contribution is 0.553. The fraction of sp³-hybridized carbons (Fsp3) is 0.222. The van der Waals surface area contributed by atoms with Gasteiger partial charge in [0.2, 0.25) is 0 Å². The summed E-state index contributed by atoms with van der Waals surface area (Å²) in [5.41, 5.74) is 8.20. The number of fused-ring (bicyclic) bond motifs is 1. The second kappa shape index (κ2) is 5.98. The minimum absolute atomic E-state index is 0.141. The van der Waals surface area contributed by atoms with Crippen molar-refractivity contribution in [2.45, 2.75) is 26.3 Å². The van der Waals surface area contributed by atoms with Crippen LogP contribution in [0.5, 0.6) is 0 Å². The lowest BCUT2D eigenvalue weighted by Gasteiger charge is -2.17. The minimum Gasteiger partial charge on any atom is -0.271 e. The Morgan fingerprint density at radius 1 is 1.10 bits per heavy atom. The van der Waals surface area contributed by atoms with Crippen LogP contribution >= 0.6 is 11.3 Å². The molecule has 0 fully saturated rings. The number of thiophene rings is 1. The summed E-state index contributed by atoms with van der Waals surface area (Å²) >= 11 is 1.80. The first-order valence-corrected chi connectivity index (χ1v) is 8.05. The normalized spacial score (nSPS) is 12.7. The van der Waals surface area contributed by atoms with E-state index in [1.807, 2.05) is 0 Å². The average Bonchev–Trinajstić information content (AvgIpc) is 2.91. The highest BCUT2D eigenvalue weighted by Gasteiger charge is 2.14. The van der Waals surface area contributed by atoms with Gasteiger partial charge in [0.05, 0.1) is 6.04 Å². The monoisotopic (exact) mass is 296 g/mol. The zero-order chi connectivity index (χ0) is 14.8. The molecule has 0 aliphatic rings. The van der Waals surface area contributed by atoms with Crippen molar-refractivity contribution >= 4 is 21.4 Å². The summed E-state index contributed by atoms with van der Waals surface area (Å²) in [4.78, 5) is 0. The zero-order valence-corrected chi connectivity index (χ0v) is 13.2. The average molecular weight is 296 g/mol. The number of rotatable bonds is 4. The van der Waals surface area contributed by atoms with Gasteiger partial charge < -0.3 is 0 Å².